The van der Waals surface area contributed by atoms with Crippen molar-refractivity contribution in [1.29, 1.82) is 0 Å². The van der Waals surface area contributed by atoms with Crippen LogP contribution >= 0.6 is 0 Å². The molecule has 2 heterocycles. The number of aryl methyl sites for hydroxylation is 1. The number of rotatable bonds is 4. The molecule has 1 aliphatic heterocycles. The maximum atomic E-state index is 12.5. The molecule has 24 heavy (non-hydrogen) atoms. The summed E-state index contributed by atoms with van der Waals surface area (Å²) in [7, 11) is -1.80. The molecular weight excluding hydrogens is 332 g/mol. The molecule has 0 radical (unpaired) electrons. The van der Waals surface area contributed by atoms with Gasteiger partial charge in [-0.1, -0.05) is 0 Å². The minimum atomic E-state index is -3.55. The molecule has 1 amide bonds. The van der Waals surface area contributed by atoms with E-state index >= 15 is 0 Å². The summed E-state index contributed by atoms with van der Waals surface area (Å²) in [4.78, 5) is 12.3. The molecule has 1 saturated heterocycles. The zero-order valence-corrected chi connectivity index (χ0v) is 14.0. The third kappa shape index (κ3) is 3.48. The Bertz CT molecular complexity index is 823. The third-order valence-electron chi connectivity index (χ3n) is 3.68. The number of anilines is 1. The summed E-state index contributed by atoms with van der Waals surface area (Å²) in [6.45, 7) is 1.46. The first-order valence-electron chi connectivity index (χ1n) is 7.46. The minimum absolute atomic E-state index is 0.166. The lowest BCUT2D eigenvalue weighted by molar-refractivity contribution is 0.0730. The van der Waals surface area contributed by atoms with Crippen molar-refractivity contribution in [2.24, 2.45) is 7.05 Å². The smallest absolute Gasteiger partial charge is 0.256 e. The number of benzene rings is 1. The maximum absolute atomic E-state index is 12.5. The summed E-state index contributed by atoms with van der Waals surface area (Å²) < 4.78 is 33.2. The molecule has 0 bridgehead atoms. The lowest BCUT2D eigenvalue weighted by atomic mass is 10.2. The van der Waals surface area contributed by atoms with Gasteiger partial charge in [0.05, 0.1) is 18.1 Å². The van der Waals surface area contributed by atoms with E-state index in [9.17, 15) is 13.2 Å². The van der Waals surface area contributed by atoms with Crippen LogP contribution in [0.5, 0.6) is 0 Å². The highest BCUT2D eigenvalue weighted by Crippen LogP contribution is 2.18. The molecule has 1 fully saturated rings. The molecular formula is C15H18N4O4S. The van der Waals surface area contributed by atoms with Gasteiger partial charge in [0, 0.05) is 38.0 Å². The molecule has 1 aromatic heterocycles. The summed E-state index contributed by atoms with van der Waals surface area (Å²) in [6, 6.07) is 7.54. The van der Waals surface area contributed by atoms with Crippen LogP contribution in [0.3, 0.4) is 0 Å². The monoisotopic (exact) mass is 350 g/mol. The Kier molecular flexibility index (Phi) is 4.65. The molecule has 9 heteroatoms. The van der Waals surface area contributed by atoms with Crippen molar-refractivity contribution in [3.05, 3.63) is 42.1 Å². The summed E-state index contributed by atoms with van der Waals surface area (Å²) in [5.74, 6) is 0.0940. The Balaban J connectivity index is 1.73. The Morgan fingerprint density at radius 1 is 1.17 bits per heavy atom. The topological polar surface area (TPSA) is 93.5 Å². The van der Waals surface area contributed by atoms with Crippen molar-refractivity contribution in [3.8, 4) is 0 Å². The predicted molar refractivity (Wildman–Crippen MR) is 87.2 cm³/mol. The second kappa shape index (κ2) is 6.71. The molecule has 0 spiro atoms. The van der Waals surface area contributed by atoms with Gasteiger partial charge in [0.2, 0.25) is 10.0 Å². The van der Waals surface area contributed by atoms with Crippen LogP contribution in [0.15, 0.2) is 41.4 Å². The number of nitrogens with zero attached hydrogens (tertiary/aromatic N) is 3. The molecule has 8 nitrogen and oxygen atoms in total. The van der Waals surface area contributed by atoms with Crippen molar-refractivity contribution in [2.75, 3.05) is 31.6 Å². The first kappa shape index (κ1) is 16.6. The first-order valence-corrected chi connectivity index (χ1v) is 8.90. The van der Waals surface area contributed by atoms with Crippen LogP contribution in [0.4, 0.5) is 5.82 Å². The van der Waals surface area contributed by atoms with Crippen LogP contribution in [0.1, 0.15) is 10.4 Å². The SMILES string of the molecule is Cn1ccc(NC(=O)c2ccc(S(=O)(=O)N3CCOCC3)cc2)n1. The summed E-state index contributed by atoms with van der Waals surface area (Å²) in [5, 5.41) is 6.72. The van der Waals surface area contributed by atoms with Crippen LogP contribution in [0.25, 0.3) is 0 Å². The van der Waals surface area contributed by atoms with E-state index < -0.39 is 10.0 Å². The van der Waals surface area contributed by atoms with Crippen molar-refractivity contribution in [2.45, 2.75) is 4.90 Å². The Morgan fingerprint density at radius 3 is 2.42 bits per heavy atom. The van der Waals surface area contributed by atoms with Crippen LogP contribution in [-0.4, -0.2) is 54.7 Å². The number of aromatic nitrogens is 2. The van der Waals surface area contributed by atoms with Gasteiger partial charge in [0.15, 0.2) is 5.82 Å². The predicted octanol–water partition coefficient (Wildman–Crippen LogP) is 0.693. The molecule has 3 rings (SSSR count). The number of morpholine rings is 1. The highest BCUT2D eigenvalue weighted by atomic mass is 32.2. The van der Waals surface area contributed by atoms with E-state index in [1.54, 1.807) is 24.0 Å². The number of sulfonamides is 1. The van der Waals surface area contributed by atoms with Gasteiger partial charge >= 0.3 is 0 Å². The van der Waals surface area contributed by atoms with Crippen LogP contribution in [0.2, 0.25) is 0 Å². The standard InChI is InChI=1S/C15H18N4O4S/c1-18-7-6-14(17-18)16-15(20)12-2-4-13(5-3-12)24(21,22)19-8-10-23-11-9-19/h2-7H,8-11H2,1H3,(H,16,17,20). The van der Waals surface area contributed by atoms with Gasteiger partial charge in [-0.25, -0.2) is 8.42 Å². The molecule has 0 atom stereocenters. The highest BCUT2D eigenvalue weighted by molar-refractivity contribution is 7.89. The molecule has 2 aromatic rings. The van der Waals surface area contributed by atoms with Gasteiger partial charge in [0.25, 0.3) is 5.91 Å². The fourth-order valence-electron chi connectivity index (χ4n) is 2.38. The number of hydrogen-bond acceptors (Lipinski definition) is 5. The fraction of sp³-hybridized carbons (Fsp3) is 0.333. The molecule has 0 saturated carbocycles. The average Bonchev–Trinajstić information content (AvgIpc) is 3.00. The van der Waals surface area contributed by atoms with E-state index in [-0.39, 0.29) is 10.8 Å². The molecule has 1 N–H and O–H groups in total. The maximum Gasteiger partial charge on any atom is 0.256 e. The largest absolute Gasteiger partial charge is 0.379 e. The van der Waals surface area contributed by atoms with Gasteiger partial charge in [-0.2, -0.15) is 9.40 Å². The van der Waals surface area contributed by atoms with Crippen molar-refractivity contribution >= 4 is 21.7 Å². The van der Waals surface area contributed by atoms with E-state index in [0.29, 0.717) is 37.7 Å². The molecule has 0 aliphatic carbocycles. The Hall–Kier alpha value is -2.23. The van der Waals surface area contributed by atoms with Crippen molar-refractivity contribution in [3.63, 3.8) is 0 Å². The summed E-state index contributed by atoms with van der Waals surface area (Å²) in [5.41, 5.74) is 0.363. The number of carbonyl (C=O) groups excluding carboxylic acids is 1. The normalized spacial score (nSPS) is 16.0. The van der Waals surface area contributed by atoms with Crippen molar-refractivity contribution in [1.82, 2.24) is 14.1 Å². The van der Waals surface area contributed by atoms with Crippen LogP contribution in [-0.2, 0) is 21.8 Å². The lowest BCUT2D eigenvalue weighted by Gasteiger charge is -2.26. The van der Waals surface area contributed by atoms with E-state index in [1.807, 2.05) is 0 Å². The van der Waals surface area contributed by atoms with Crippen LogP contribution < -0.4 is 5.32 Å². The van der Waals surface area contributed by atoms with Crippen LogP contribution in [0, 0.1) is 0 Å². The van der Waals surface area contributed by atoms with Gasteiger partial charge in [-0.15, -0.1) is 0 Å². The molecule has 1 aromatic carbocycles. The van der Waals surface area contributed by atoms with Crippen molar-refractivity contribution < 1.29 is 17.9 Å². The van der Waals surface area contributed by atoms with Gasteiger partial charge in [-0.3, -0.25) is 9.48 Å². The number of ether oxygens (including phenoxy) is 1. The first-order chi connectivity index (χ1) is 11.5. The number of carbonyl (C=O) groups is 1. The van der Waals surface area contributed by atoms with Gasteiger partial charge in [-0.05, 0) is 24.3 Å². The van der Waals surface area contributed by atoms with Gasteiger partial charge < -0.3 is 10.1 Å². The molecule has 1 aliphatic rings. The minimum Gasteiger partial charge on any atom is -0.379 e. The second-order valence-corrected chi connectivity index (χ2v) is 7.31. The average molecular weight is 350 g/mol. The quantitative estimate of drug-likeness (QED) is 0.876. The fourth-order valence-corrected chi connectivity index (χ4v) is 3.79. The summed E-state index contributed by atoms with van der Waals surface area (Å²) >= 11 is 0. The van der Waals surface area contributed by atoms with E-state index in [4.69, 9.17) is 4.74 Å². The third-order valence-corrected chi connectivity index (χ3v) is 5.59. The Morgan fingerprint density at radius 2 is 1.83 bits per heavy atom. The zero-order chi connectivity index (χ0) is 17.2. The molecule has 128 valence electrons. The number of amides is 1. The lowest BCUT2D eigenvalue weighted by Crippen LogP contribution is -2.40. The zero-order valence-electron chi connectivity index (χ0n) is 13.2. The number of hydrogen-bond donors (Lipinski definition) is 1. The summed E-state index contributed by atoms with van der Waals surface area (Å²) in [6.07, 6.45) is 1.72. The van der Waals surface area contributed by atoms with Gasteiger partial charge in [0.1, 0.15) is 0 Å². The molecule has 0 unspecified atom stereocenters. The van der Waals surface area contributed by atoms with E-state index in [2.05, 4.69) is 10.4 Å². The van der Waals surface area contributed by atoms with E-state index in [1.165, 1.54) is 28.6 Å². The highest BCUT2D eigenvalue weighted by Gasteiger charge is 2.26. The second-order valence-electron chi connectivity index (χ2n) is 5.37. The van der Waals surface area contributed by atoms with E-state index in [0.717, 1.165) is 0 Å². The number of nitrogens with one attached hydrogen (secondary N) is 1. The Labute approximate surface area is 140 Å².